The zero-order chi connectivity index (χ0) is 11.6. The first-order chi connectivity index (χ1) is 6.91. The molecule has 1 rings (SSSR count). The number of hydrogen-bond donors (Lipinski definition) is 2. The van der Waals surface area contributed by atoms with Gasteiger partial charge in [0.2, 0.25) is 11.7 Å². The number of ether oxygens (including phenoxy) is 2. The van der Waals surface area contributed by atoms with Crippen LogP contribution in [0.3, 0.4) is 0 Å². The molecular formula is C8H10O7. The largest absolute Gasteiger partial charge is 0.478 e. The van der Waals surface area contributed by atoms with Gasteiger partial charge in [0.15, 0.2) is 0 Å². The summed E-state index contributed by atoms with van der Waals surface area (Å²) in [6.07, 6.45) is -2.60. The minimum Gasteiger partial charge on any atom is -0.478 e. The molecule has 1 heterocycles. The highest BCUT2D eigenvalue weighted by Crippen LogP contribution is 2.28. The zero-order valence-electron chi connectivity index (χ0n) is 7.93. The zero-order valence-corrected chi connectivity index (χ0v) is 7.93. The van der Waals surface area contributed by atoms with Crippen LogP contribution in [0.15, 0.2) is 0 Å². The molecule has 0 aliphatic carbocycles. The molecule has 7 nitrogen and oxygen atoms in total. The highest BCUT2D eigenvalue weighted by Gasteiger charge is 2.58. The average molecular weight is 218 g/mol. The van der Waals surface area contributed by atoms with Crippen molar-refractivity contribution in [1.82, 2.24) is 0 Å². The van der Waals surface area contributed by atoms with Crippen molar-refractivity contribution in [2.75, 3.05) is 6.61 Å². The Bertz CT molecular complexity index is 310. The number of hydrogen-bond acceptors (Lipinski definition) is 6. The van der Waals surface area contributed by atoms with Crippen molar-refractivity contribution in [3.8, 4) is 0 Å². The van der Waals surface area contributed by atoms with Gasteiger partial charge in [-0.25, -0.2) is 9.59 Å². The molecule has 0 spiro atoms. The van der Waals surface area contributed by atoms with E-state index >= 15 is 0 Å². The highest BCUT2D eigenvalue weighted by atomic mass is 16.6. The van der Waals surface area contributed by atoms with Gasteiger partial charge < -0.3 is 19.7 Å². The molecule has 0 aromatic heterocycles. The first-order valence-electron chi connectivity index (χ1n) is 4.23. The standard InChI is InChI=1S/C8H10O7/c1-2-14-7(12)8(13)3-4(9)15-5(8)6(10)11/h5,13H,2-3H2,1H3,(H,10,11)/t5-,8-/m1/s1. The molecule has 1 aliphatic heterocycles. The minimum atomic E-state index is -2.42. The van der Waals surface area contributed by atoms with E-state index in [0.717, 1.165) is 0 Å². The molecule has 1 aliphatic rings. The van der Waals surface area contributed by atoms with Gasteiger partial charge in [0.1, 0.15) is 0 Å². The number of esters is 2. The average Bonchev–Trinajstić information content (AvgIpc) is 2.43. The maximum absolute atomic E-state index is 11.3. The number of carboxylic acid groups (broad SMARTS) is 1. The van der Waals surface area contributed by atoms with E-state index in [1.807, 2.05) is 0 Å². The Labute approximate surface area is 84.6 Å². The van der Waals surface area contributed by atoms with E-state index in [-0.39, 0.29) is 6.61 Å². The molecule has 2 atom stereocenters. The summed E-state index contributed by atoms with van der Waals surface area (Å²) in [6, 6.07) is 0. The van der Waals surface area contributed by atoms with Crippen LogP contribution in [0.5, 0.6) is 0 Å². The van der Waals surface area contributed by atoms with Crippen LogP contribution >= 0.6 is 0 Å². The maximum atomic E-state index is 11.3. The van der Waals surface area contributed by atoms with Crippen LogP contribution in [0.2, 0.25) is 0 Å². The Hall–Kier alpha value is -1.63. The number of aliphatic hydroxyl groups is 1. The van der Waals surface area contributed by atoms with E-state index in [4.69, 9.17) is 5.11 Å². The normalized spacial score (nSPS) is 29.7. The van der Waals surface area contributed by atoms with Crippen LogP contribution in [-0.4, -0.2) is 46.4 Å². The summed E-state index contributed by atoms with van der Waals surface area (Å²) in [5.41, 5.74) is -2.42. The Morgan fingerprint density at radius 2 is 2.27 bits per heavy atom. The summed E-state index contributed by atoms with van der Waals surface area (Å²) in [7, 11) is 0. The van der Waals surface area contributed by atoms with Gasteiger partial charge >= 0.3 is 17.9 Å². The predicted molar refractivity (Wildman–Crippen MR) is 43.7 cm³/mol. The van der Waals surface area contributed by atoms with Crippen molar-refractivity contribution >= 4 is 17.9 Å². The lowest BCUT2D eigenvalue weighted by atomic mass is 9.95. The molecule has 2 N–H and O–H groups in total. The monoisotopic (exact) mass is 218 g/mol. The van der Waals surface area contributed by atoms with Crippen molar-refractivity contribution in [2.24, 2.45) is 0 Å². The van der Waals surface area contributed by atoms with Crippen molar-refractivity contribution in [2.45, 2.75) is 25.0 Å². The second kappa shape index (κ2) is 3.85. The molecule has 0 bridgehead atoms. The number of cyclic esters (lactones) is 1. The van der Waals surface area contributed by atoms with Gasteiger partial charge in [0.05, 0.1) is 13.0 Å². The van der Waals surface area contributed by atoms with E-state index in [2.05, 4.69) is 9.47 Å². The number of carbonyl (C=O) groups is 3. The van der Waals surface area contributed by atoms with E-state index in [1.165, 1.54) is 6.92 Å². The summed E-state index contributed by atoms with van der Waals surface area (Å²) in [5.74, 6) is -3.70. The SMILES string of the molecule is CCOC(=O)[C@@]1(O)CC(=O)O[C@@H]1C(=O)O. The fourth-order valence-corrected chi connectivity index (χ4v) is 1.27. The van der Waals surface area contributed by atoms with Crippen molar-refractivity contribution < 1.29 is 34.1 Å². The fraction of sp³-hybridized carbons (Fsp3) is 0.625. The third-order valence-electron chi connectivity index (χ3n) is 1.95. The lowest BCUT2D eigenvalue weighted by Crippen LogP contribution is -2.50. The van der Waals surface area contributed by atoms with Gasteiger partial charge in [0, 0.05) is 0 Å². The molecule has 7 heteroatoms. The van der Waals surface area contributed by atoms with Crippen molar-refractivity contribution in [3.63, 3.8) is 0 Å². The van der Waals surface area contributed by atoms with Gasteiger partial charge in [-0.15, -0.1) is 0 Å². The summed E-state index contributed by atoms with van der Waals surface area (Å²) in [6.45, 7) is 1.47. The molecule has 0 aromatic carbocycles. The molecule has 0 aromatic rings. The van der Waals surface area contributed by atoms with E-state index in [0.29, 0.717) is 0 Å². The Kier molecular flexibility index (Phi) is 2.94. The first-order valence-corrected chi connectivity index (χ1v) is 4.23. The molecule has 15 heavy (non-hydrogen) atoms. The quantitative estimate of drug-likeness (QED) is 0.565. The molecule has 0 amide bonds. The number of aliphatic carboxylic acids is 1. The Balaban J connectivity index is 2.93. The van der Waals surface area contributed by atoms with E-state index in [1.54, 1.807) is 0 Å². The third kappa shape index (κ3) is 1.91. The van der Waals surface area contributed by atoms with Crippen LogP contribution in [0.4, 0.5) is 0 Å². The predicted octanol–water partition coefficient (Wildman–Crippen LogP) is -1.32. The van der Waals surface area contributed by atoms with Crippen LogP contribution in [0.1, 0.15) is 13.3 Å². The van der Waals surface area contributed by atoms with Crippen LogP contribution in [0.25, 0.3) is 0 Å². The number of carbonyl (C=O) groups excluding carboxylic acids is 2. The fourth-order valence-electron chi connectivity index (χ4n) is 1.27. The van der Waals surface area contributed by atoms with E-state index in [9.17, 15) is 19.5 Å². The molecular weight excluding hydrogens is 208 g/mol. The summed E-state index contributed by atoms with van der Waals surface area (Å²) < 4.78 is 8.79. The van der Waals surface area contributed by atoms with E-state index < -0.39 is 36.0 Å². The van der Waals surface area contributed by atoms with Gasteiger partial charge in [0.25, 0.3) is 0 Å². The van der Waals surface area contributed by atoms with Crippen LogP contribution in [0, 0.1) is 0 Å². The molecule has 1 fully saturated rings. The lowest BCUT2D eigenvalue weighted by Gasteiger charge is -2.21. The van der Waals surface area contributed by atoms with Crippen LogP contribution < -0.4 is 0 Å². The second-order valence-electron chi connectivity index (χ2n) is 3.03. The van der Waals surface area contributed by atoms with Gasteiger partial charge in [-0.05, 0) is 6.92 Å². The molecule has 84 valence electrons. The Morgan fingerprint density at radius 3 is 2.73 bits per heavy atom. The summed E-state index contributed by atoms with van der Waals surface area (Å²) in [4.78, 5) is 32.7. The number of rotatable bonds is 3. The van der Waals surface area contributed by atoms with Gasteiger partial charge in [-0.2, -0.15) is 0 Å². The maximum Gasteiger partial charge on any atom is 0.348 e. The smallest absolute Gasteiger partial charge is 0.348 e. The summed E-state index contributed by atoms with van der Waals surface area (Å²) in [5, 5.41) is 18.3. The number of carboxylic acids is 1. The second-order valence-corrected chi connectivity index (χ2v) is 3.03. The molecule has 1 saturated heterocycles. The summed E-state index contributed by atoms with van der Waals surface area (Å²) >= 11 is 0. The molecule has 0 radical (unpaired) electrons. The third-order valence-corrected chi connectivity index (χ3v) is 1.95. The van der Waals surface area contributed by atoms with Crippen LogP contribution in [-0.2, 0) is 23.9 Å². The van der Waals surface area contributed by atoms with Gasteiger partial charge in [-0.3, -0.25) is 4.79 Å². The molecule has 0 unspecified atom stereocenters. The lowest BCUT2D eigenvalue weighted by molar-refractivity contribution is -0.180. The van der Waals surface area contributed by atoms with Crippen molar-refractivity contribution in [1.29, 1.82) is 0 Å². The highest BCUT2D eigenvalue weighted by molar-refractivity contribution is 5.96. The topological polar surface area (TPSA) is 110 Å². The Morgan fingerprint density at radius 1 is 1.67 bits per heavy atom. The minimum absolute atomic E-state index is 0.0261. The van der Waals surface area contributed by atoms with Crippen molar-refractivity contribution in [3.05, 3.63) is 0 Å². The first kappa shape index (κ1) is 11.4. The molecule has 0 saturated carbocycles. The van der Waals surface area contributed by atoms with Gasteiger partial charge in [-0.1, -0.05) is 0 Å².